The molecule has 70 valence electrons. The van der Waals surface area contributed by atoms with Crippen molar-refractivity contribution >= 4 is 16.9 Å². The van der Waals surface area contributed by atoms with Gasteiger partial charge in [-0.25, -0.2) is 0 Å². The Labute approximate surface area is 80.8 Å². The van der Waals surface area contributed by atoms with Crippen LogP contribution in [0.15, 0.2) is 21.8 Å². The molecule has 1 aromatic heterocycles. The van der Waals surface area contributed by atoms with Crippen LogP contribution in [0.2, 0.25) is 0 Å². The van der Waals surface area contributed by atoms with E-state index >= 15 is 0 Å². The minimum absolute atomic E-state index is 0.529. The molecule has 1 unspecified atom stereocenters. The van der Waals surface area contributed by atoms with Gasteiger partial charge in [0.2, 0.25) is 0 Å². The molecule has 1 saturated heterocycles. The molecular weight excluding hydrogens is 186 g/mol. The average molecular weight is 197 g/mol. The first kappa shape index (κ1) is 8.62. The van der Waals surface area contributed by atoms with Crippen LogP contribution in [0.3, 0.4) is 0 Å². The maximum Gasteiger partial charge on any atom is 0.157 e. The molecule has 1 aromatic rings. The van der Waals surface area contributed by atoms with Crippen LogP contribution in [0.5, 0.6) is 0 Å². The Balaban J connectivity index is 1.91. The standard InChI is InChI=1S/C8H11N3OS/c1-6-5-13-8(10-6)9-4-7-2-3-12-11-7/h2-3,6H,4-5H2,1H3,(H,9,10). The highest BCUT2D eigenvalue weighted by atomic mass is 32.2. The summed E-state index contributed by atoms with van der Waals surface area (Å²) in [6.07, 6.45) is 1.56. The molecule has 0 bridgehead atoms. The second-order valence-corrected chi connectivity index (χ2v) is 3.98. The van der Waals surface area contributed by atoms with Gasteiger partial charge in [-0.15, -0.1) is 0 Å². The first-order valence-corrected chi connectivity index (χ1v) is 5.16. The Bertz CT molecular complexity index is 296. The number of thioether (sulfide) groups is 1. The molecular formula is C8H11N3OS. The van der Waals surface area contributed by atoms with Crippen LogP contribution >= 0.6 is 11.8 Å². The lowest BCUT2D eigenvalue weighted by molar-refractivity contribution is 0.412. The second-order valence-electron chi connectivity index (χ2n) is 2.97. The summed E-state index contributed by atoms with van der Waals surface area (Å²) in [6, 6.07) is 2.36. The zero-order valence-corrected chi connectivity index (χ0v) is 8.17. The molecule has 0 spiro atoms. The summed E-state index contributed by atoms with van der Waals surface area (Å²) in [7, 11) is 0. The molecule has 5 heteroatoms. The van der Waals surface area contributed by atoms with E-state index in [0.29, 0.717) is 12.6 Å². The van der Waals surface area contributed by atoms with Crippen molar-refractivity contribution in [1.82, 2.24) is 10.5 Å². The highest BCUT2D eigenvalue weighted by Crippen LogP contribution is 2.13. The predicted octanol–water partition coefficient (Wildman–Crippen LogP) is 1.26. The van der Waals surface area contributed by atoms with Gasteiger partial charge in [0.1, 0.15) is 12.0 Å². The van der Waals surface area contributed by atoms with E-state index in [1.807, 2.05) is 6.07 Å². The summed E-state index contributed by atoms with van der Waals surface area (Å²) in [4.78, 5) is 4.36. The van der Waals surface area contributed by atoms with Crippen LogP contribution in [0.4, 0.5) is 0 Å². The summed E-state index contributed by atoms with van der Waals surface area (Å²) in [5, 5.41) is 8.06. The maximum absolute atomic E-state index is 4.70. The Morgan fingerprint density at radius 2 is 2.77 bits per heavy atom. The van der Waals surface area contributed by atoms with Crippen LogP contribution in [-0.2, 0) is 6.54 Å². The molecule has 1 atom stereocenters. The summed E-state index contributed by atoms with van der Waals surface area (Å²) < 4.78 is 4.70. The van der Waals surface area contributed by atoms with Gasteiger partial charge in [-0.3, -0.25) is 4.99 Å². The first-order chi connectivity index (χ1) is 6.34. The molecule has 4 nitrogen and oxygen atoms in total. The number of rotatable bonds is 2. The van der Waals surface area contributed by atoms with Gasteiger partial charge in [0.15, 0.2) is 5.17 Å². The molecule has 0 aliphatic carbocycles. The Kier molecular flexibility index (Phi) is 2.54. The minimum Gasteiger partial charge on any atom is -0.364 e. The monoisotopic (exact) mass is 197 g/mol. The Hall–Kier alpha value is -0.970. The van der Waals surface area contributed by atoms with Gasteiger partial charge in [0, 0.05) is 17.9 Å². The van der Waals surface area contributed by atoms with Crippen molar-refractivity contribution in [3.05, 3.63) is 18.0 Å². The first-order valence-electron chi connectivity index (χ1n) is 4.17. The zero-order valence-electron chi connectivity index (χ0n) is 7.36. The molecule has 2 heterocycles. The molecule has 0 radical (unpaired) electrons. The number of amidine groups is 1. The van der Waals surface area contributed by atoms with Crippen LogP contribution in [-0.4, -0.2) is 22.1 Å². The molecule has 1 N–H and O–H groups in total. The third-order valence-electron chi connectivity index (χ3n) is 1.72. The molecule has 0 aromatic carbocycles. The van der Waals surface area contributed by atoms with Crippen molar-refractivity contribution in [2.24, 2.45) is 4.99 Å². The molecule has 0 saturated carbocycles. The van der Waals surface area contributed by atoms with Crippen LogP contribution in [0, 0.1) is 0 Å². The Morgan fingerprint density at radius 3 is 3.38 bits per heavy atom. The Morgan fingerprint density at radius 1 is 1.85 bits per heavy atom. The lowest BCUT2D eigenvalue weighted by Gasteiger charge is -1.99. The van der Waals surface area contributed by atoms with Crippen molar-refractivity contribution in [3.8, 4) is 0 Å². The zero-order chi connectivity index (χ0) is 9.10. The SMILES string of the molecule is CC1CSC(=NCc2ccon2)N1. The van der Waals surface area contributed by atoms with Crippen molar-refractivity contribution in [2.75, 3.05) is 5.75 Å². The van der Waals surface area contributed by atoms with Crippen molar-refractivity contribution in [3.63, 3.8) is 0 Å². The number of nitrogens with zero attached hydrogens (tertiary/aromatic N) is 2. The molecule has 1 aliphatic rings. The summed E-state index contributed by atoms with van der Waals surface area (Å²) in [5.41, 5.74) is 0.870. The van der Waals surface area contributed by atoms with Crippen LogP contribution in [0.25, 0.3) is 0 Å². The number of aliphatic imine (C=N–C) groups is 1. The van der Waals surface area contributed by atoms with Crippen LogP contribution in [0.1, 0.15) is 12.6 Å². The van der Waals surface area contributed by atoms with Gasteiger partial charge in [-0.2, -0.15) is 0 Å². The number of hydrogen-bond acceptors (Lipinski definition) is 4. The van der Waals surface area contributed by atoms with Crippen molar-refractivity contribution in [2.45, 2.75) is 19.5 Å². The second kappa shape index (κ2) is 3.83. The van der Waals surface area contributed by atoms with E-state index in [1.165, 1.54) is 0 Å². The van der Waals surface area contributed by atoms with E-state index in [1.54, 1.807) is 18.0 Å². The molecule has 1 fully saturated rings. The van der Waals surface area contributed by atoms with Gasteiger partial charge in [-0.05, 0) is 6.92 Å². The molecule has 0 amide bonds. The van der Waals surface area contributed by atoms with Gasteiger partial charge in [0.25, 0.3) is 0 Å². The fraction of sp³-hybridized carbons (Fsp3) is 0.500. The molecule has 2 rings (SSSR count). The van der Waals surface area contributed by atoms with E-state index in [-0.39, 0.29) is 0 Å². The summed E-state index contributed by atoms with van der Waals surface area (Å²) in [5.74, 6) is 1.09. The number of nitrogens with one attached hydrogen (secondary N) is 1. The smallest absolute Gasteiger partial charge is 0.157 e. The van der Waals surface area contributed by atoms with Crippen molar-refractivity contribution < 1.29 is 4.52 Å². The molecule has 13 heavy (non-hydrogen) atoms. The van der Waals surface area contributed by atoms with Gasteiger partial charge < -0.3 is 9.84 Å². The minimum atomic E-state index is 0.529. The van der Waals surface area contributed by atoms with Crippen molar-refractivity contribution in [1.29, 1.82) is 0 Å². The largest absolute Gasteiger partial charge is 0.364 e. The van der Waals surface area contributed by atoms with E-state index in [4.69, 9.17) is 4.52 Å². The van der Waals surface area contributed by atoms with Gasteiger partial charge in [-0.1, -0.05) is 16.9 Å². The quantitative estimate of drug-likeness (QED) is 0.775. The van der Waals surface area contributed by atoms with Gasteiger partial charge >= 0.3 is 0 Å². The van der Waals surface area contributed by atoms with E-state index < -0.39 is 0 Å². The number of hydrogen-bond donors (Lipinski definition) is 1. The third-order valence-corrected chi connectivity index (χ3v) is 2.90. The van der Waals surface area contributed by atoms with Gasteiger partial charge in [0.05, 0.1) is 6.54 Å². The topological polar surface area (TPSA) is 50.4 Å². The highest BCUT2D eigenvalue weighted by molar-refractivity contribution is 8.14. The van der Waals surface area contributed by atoms with E-state index in [2.05, 4.69) is 22.4 Å². The molecule has 1 aliphatic heterocycles. The summed E-state index contributed by atoms with van der Waals surface area (Å²) >= 11 is 1.75. The highest BCUT2D eigenvalue weighted by Gasteiger charge is 2.14. The van der Waals surface area contributed by atoms with Crippen LogP contribution < -0.4 is 5.32 Å². The lowest BCUT2D eigenvalue weighted by atomic mass is 10.4. The average Bonchev–Trinajstić information content (AvgIpc) is 2.71. The summed E-state index contributed by atoms with van der Waals surface area (Å²) in [6.45, 7) is 2.74. The number of aromatic nitrogens is 1. The normalized spacial score (nSPS) is 25.0. The maximum atomic E-state index is 4.70. The fourth-order valence-corrected chi connectivity index (χ4v) is 1.99. The van der Waals surface area contributed by atoms with E-state index in [0.717, 1.165) is 16.6 Å². The fourth-order valence-electron chi connectivity index (χ4n) is 1.06. The lowest BCUT2D eigenvalue weighted by Crippen LogP contribution is -2.23. The van der Waals surface area contributed by atoms with E-state index in [9.17, 15) is 0 Å². The third kappa shape index (κ3) is 2.24. The predicted molar refractivity (Wildman–Crippen MR) is 52.7 cm³/mol.